The van der Waals surface area contributed by atoms with E-state index in [2.05, 4.69) is 11.6 Å². The molecule has 1 aromatic carbocycles. The number of fused-ring (bicyclic) bond motifs is 2. The molecule has 1 amide bonds. The SMILES string of the molecule is C=CCn1c(=NC(=O)C2CCN(S(=O)(=O)c3cccs3)CC2)sc2cc3c(cc21)OCCO3. The van der Waals surface area contributed by atoms with E-state index in [0.717, 1.165) is 10.2 Å². The van der Waals surface area contributed by atoms with Crippen molar-refractivity contribution in [1.82, 2.24) is 8.87 Å². The molecule has 2 aliphatic heterocycles. The van der Waals surface area contributed by atoms with Gasteiger partial charge in [0.05, 0.1) is 10.2 Å². The molecule has 0 radical (unpaired) electrons. The molecule has 11 heteroatoms. The van der Waals surface area contributed by atoms with Gasteiger partial charge in [-0.1, -0.05) is 23.5 Å². The highest BCUT2D eigenvalue weighted by molar-refractivity contribution is 7.91. The third-order valence-corrected chi connectivity index (χ3v) is 10.1. The fraction of sp³-hybridized carbons (Fsp3) is 0.364. The summed E-state index contributed by atoms with van der Waals surface area (Å²) in [5.41, 5.74) is 0.910. The summed E-state index contributed by atoms with van der Waals surface area (Å²) in [7, 11) is -3.49. The van der Waals surface area contributed by atoms with Crippen LogP contribution in [0, 0.1) is 5.92 Å². The van der Waals surface area contributed by atoms with E-state index in [1.807, 2.05) is 16.7 Å². The molecule has 2 aromatic heterocycles. The van der Waals surface area contributed by atoms with Gasteiger partial charge < -0.3 is 14.0 Å². The molecule has 0 N–H and O–H groups in total. The normalized spacial score (nSPS) is 18.0. The van der Waals surface area contributed by atoms with Crippen LogP contribution < -0.4 is 14.3 Å². The van der Waals surface area contributed by atoms with Crippen LogP contribution in [-0.4, -0.2) is 49.5 Å². The molecule has 0 saturated carbocycles. The highest BCUT2D eigenvalue weighted by Gasteiger charge is 2.32. The van der Waals surface area contributed by atoms with E-state index >= 15 is 0 Å². The third kappa shape index (κ3) is 4.25. The van der Waals surface area contributed by atoms with Crippen molar-refractivity contribution in [2.24, 2.45) is 10.9 Å². The van der Waals surface area contributed by atoms with Gasteiger partial charge in [0, 0.05) is 37.7 Å². The minimum atomic E-state index is -3.49. The van der Waals surface area contributed by atoms with Gasteiger partial charge in [-0.2, -0.15) is 9.30 Å². The number of piperidine rings is 1. The predicted molar refractivity (Wildman–Crippen MR) is 127 cm³/mol. The van der Waals surface area contributed by atoms with Crippen LogP contribution in [0.1, 0.15) is 12.8 Å². The molecule has 0 aliphatic carbocycles. The van der Waals surface area contributed by atoms with Gasteiger partial charge in [0.2, 0.25) is 0 Å². The fourth-order valence-electron chi connectivity index (χ4n) is 4.06. The Morgan fingerprint density at radius 3 is 2.61 bits per heavy atom. The molecule has 174 valence electrons. The zero-order valence-electron chi connectivity index (χ0n) is 17.8. The van der Waals surface area contributed by atoms with Crippen molar-refractivity contribution in [3.8, 4) is 11.5 Å². The quantitative estimate of drug-likeness (QED) is 0.497. The molecule has 1 saturated heterocycles. The summed E-state index contributed by atoms with van der Waals surface area (Å²) in [5.74, 6) is 0.853. The molecule has 4 heterocycles. The molecule has 0 spiro atoms. The van der Waals surface area contributed by atoms with E-state index in [9.17, 15) is 13.2 Å². The topological polar surface area (TPSA) is 90.2 Å². The van der Waals surface area contributed by atoms with Crippen molar-refractivity contribution in [3.05, 3.63) is 47.1 Å². The Kier molecular flexibility index (Phi) is 6.12. The fourth-order valence-corrected chi connectivity index (χ4v) is 7.73. The average molecular weight is 506 g/mol. The zero-order chi connectivity index (χ0) is 23.0. The van der Waals surface area contributed by atoms with Crippen LogP contribution in [0.5, 0.6) is 11.5 Å². The maximum Gasteiger partial charge on any atom is 0.252 e. The first kappa shape index (κ1) is 22.3. The molecule has 33 heavy (non-hydrogen) atoms. The minimum Gasteiger partial charge on any atom is -0.486 e. The number of carbonyl (C=O) groups excluding carboxylic acids is 1. The molecule has 0 atom stereocenters. The van der Waals surface area contributed by atoms with Crippen molar-refractivity contribution >= 4 is 48.8 Å². The first-order chi connectivity index (χ1) is 16.0. The van der Waals surface area contributed by atoms with Crippen LogP contribution in [0.2, 0.25) is 0 Å². The monoisotopic (exact) mass is 505 g/mol. The van der Waals surface area contributed by atoms with Gasteiger partial charge in [-0.25, -0.2) is 8.42 Å². The molecular weight excluding hydrogens is 482 g/mol. The van der Waals surface area contributed by atoms with Crippen LogP contribution in [0.25, 0.3) is 10.2 Å². The van der Waals surface area contributed by atoms with Gasteiger partial charge >= 0.3 is 0 Å². The van der Waals surface area contributed by atoms with E-state index in [0.29, 0.717) is 66.2 Å². The summed E-state index contributed by atoms with van der Waals surface area (Å²) in [5, 5.41) is 1.75. The smallest absolute Gasteiger partial charge is 0.252 e. The summed E-state index contributed by atoms with van der Waals surface area (Å²) in [6.45, 7) is 5.97. The number of carbonyl (C=O) groups is 1. The Morgan fingerprint density at radius 2 is 1.94 bits per heavy atom. The molecule has 2 aliphatic rings. The number of nitrogens with zero attached hydrogens (tertiary/aromatic N) is 3. The lowest BCUT2D eigenvalue weighted by Gasteiger charge is -2.29. The number of hydrogen-bond donors (Lipinski definition) is 0. The largest absolute Gasteiger partial charge is 0.486 e. The number of benzene rings is 1. The Bertz CT molecular complexity index is 1360. The van der Waals surface area contributed by atoms with E-state index in [4.69, 9.17) is 9.47 Å². The number of aromatic nitrogens is 1. The lowest BCUT2D eigenvalue weighted by molar-refractivity contribution is -0.122. The highest BCUT2D eigenvalue weighted by Crippen LogP contribution is 2.35. The minimum absolute atomic E-state index is 0.218. The number of sulfonamides is 1. The third-order valence-electron chi connectivity index (χ3n) is 5.76. The van der Waals surface area contributed by atoms with Gasteiger partial charge in [0.15, 0.2) is 16.3 Å². The number of thiazole rings is 1. The van der Waals surface area contributed by atoms with Crippen LogP contribution in [0.3, 0.4) is 0 Å². The Morgan fingerprint density at radius 1 is 1.21 bits per heavy atom. The molecular formula is C22H23N3O5S3. The molecule has 5 rings (SSSR count). The molecule has 8 nitrogen and oxygen atoms in total. The van der Waals surface area contributed by atoms with Crippen molar-refractivity contribution < 1.29 is 22.7 Å². The van der Waals surface area contributed by atoms with Crippen molar-refractivity contribution in [1.29, 1.82) is 0 Å². The second-order valence-electron chi connectivity index (χ2n) is 7.81. The standard InChI is InChI=1S/C22H23N3O5S3/c1-2-7-25-16-13-17-18(30-11-10-29-17)14-19(16)32-22(25)23-21(26)15-5-8-24(9-6-15)33(27,28)20-4-3-12-31-20/h2-4,12-15H,1,5-11H2. The number of thiophene rings is 1. The predicted octanol–water partition coefficient (Wildman–Crippen LogP) is 3.25. The lowest BCUT2D eigenvalue weighted by Crippen LogP contribution is -2.40. The average Bonchev–Trinajstić information content (AvgIpc) is 3.47. The Hall–Kier alpha value is -2.47. The number of ether oxygens (including phenoxy) is 2. The number of rotatable bonds is 5. The second-order valence-corrected chi connectivity index (χ2v) is 11.9. The van der Waals surface area contributed by atoms with E-state index in [1.165, 1.54) is 27.0 Å². The molecule has 0 bridgehead atoms. The van der Waals surface area contributed by atoms with Gasteiger partial charge in [0.25, 0.3) is 15.9 Å². The van der Waals surface area contributed by atoms with Crippen LogP contribution >= 0.6 is 22.7 Å². The number of amides is 1. The molecule has 3 aromatic rings. The second kappa shape index (κ2) is 9.05. The van der Waals surface area contributed by atoms with Crippen LogP contribution in [-0.2, 0) is 21.4 Å². The maximum atomic E-state index is 13.0. The van der Waals surface area contributed by atoms with Gasteiger partial charge in [-0.15, -0.1) is 17.9 Å². The van der Waals surface area contributed by atoms with Gasteiger partial charge in [0.1, 0.15) is 17.4 Å². The first-order valence-corrected chi connectivity index (χ1v) is 13.8. The molecule has 0 unspecified atom stereocenters. The van der Waals surface area contributed by atoms with Crippen molar-refractivity contribution in [2.75, 3.05) is 26.3 Å². The van der Waals surface area contributed by atoms with E-state index in [-0.39, 0.29) is 11.8 Å². The van der Waals surface area contributed by atoms with Crippen LogP contribution in [0.4, 0.5) is 0 Å². The van der Waals surface area contributed by atoms with E-state index in [1.54, 1.807) is 23.6 Å². The Labute approximate surface area is 199 Å². The Balaban J connectivity index is 1.39. The highest BCUT2D eigenvalue weighted by atomic mass is 32.2. The maximum absolute atomic E-state index is 13.0. The summed E-state index contributed by atoms with van der Waals surface area (Å²) in [6.07, 6.45) is 2.67. The van der Waals surface area contributed by atoms with E-state index < -0.39 is 10.0 Å². The van der Waals surface area contributed by atoms with Crippen LogP contribution in [0.15, 0.2) is 51.5 Å². The summed E-state index contributed by atoms with van der Waals surface area (Å²) < 4.78 is 41.6. The van der Waals surface area contributed by atoms with Crippen molar-refractivity contribution in [2.45, 2.75) is 23.6 Å². The lowest BCUT2D eigenvalue weighted by atomic mass is 9.98. The number of hydrogen-bond acceptors (Lipinski definition) is 7. The summed E-state index contributed by atoms with van der Waals surface area (Å²) >= 11 is 2.63. The summed E-state index contributed by atoms with van der Waals surface area (Å²) in [4.78, 5) is 18.1. The van der Waals surface area contributed by atoms with Crippen molar-refractivity contribution in [3.63, 3.8) is 0 Å². The van der Waals surface area contributed by atoms with Gasteiger partial charge in [-0.3, -0.25) is 4.79 Å². The zero-order valence-corrected chi connectivity index (χ0v) is 20.3. The van der Waals surface area contributed by atoms with Gasteiger partial charge in [-0.05, 0) is 24.3 Å². The number of allylic oxidation sites excluding steroid dienone is 1. The summed E-state index contributed by atoms with van der Waals surface area (Å²) in [6, 6.07) is 7.18. The molecule has 1 fully saturated rings. The first-order valence-electron chi connectivity index (χ1n) is 10.6.